The fourth-order valence-corrected chi connectivity index (χ4v) is 4.72. The lowest BCUT2D eigenvalue weighted by molar-refractivity contribution is -0.135. The Morgan fingerprint density at radius 3 is 2.55 bits per heavy atom. The topological polar surface area (TPSA) is 79.7 Å². The fourth-order valence-electron chi connectivity index (χ4n) is 4.72. The Morgan fingerprint density at radius 2 is 1.76 bits per heavy atom. The predicted molar refractivity (Wildman–Crippen MR) is 127 cm³/mol. The van der Waals surface area contributed by atoms with Gasteiger partial charge in [0.1, 0.15) is 5.75 Å². The Morgan fingerprint density at radius 1 is 1.00 bits per heavy atom. The van der Waals surface area contributed by atoms with E-state index in [2.05, 4.69) is 0 Å². The lowest BCUT2D eigenvalue weighted by atomic mass is 10.0. The van der Waals surface area contributed by atoms with E-state index in [0.717, 1.165) is 72.1 Å². The summed E-state index contributed by atoms with van der Waals surface area (Å²) in [5, 5.41) is 10.3. The van der Waals surface area contributed by atoms with E-state index in [0.29, 0.717) is 12.0 Å². The molecule has 2 aromatic carbocycles. The molecule has 168 valence electrons. The van der Waals surface area contributed by atoms with Crippen LogP contribution in [-0.4, -0.2) is 46.6 Å². The molecular weight excluding hydrogens is 416 g/mol. The Balaban J connectivity index is 1.46. The number of amides is 1. The molecule has 33 heavy (non-hydrogen) atoms. The normalized spacial score (nSPS) is 16.7. The van der Waals surface area contributed by atoms with Crippen LogP contribution >= 0.6 is 0 Å². The lowest BCUT2D eigenvalue weighted by Crippen LogP contribution is -2.38. The lowest BCUT2D eigenvalue weighted by Gasteiger charge is -2.26. The summed E-state index contributed by atoms with van der Waals surface area (Å²) in [6.07, 6.45) is 6.62. The first-order chi connectivity index (χ1) is 16.1. The second-order valence-corrected chi connectivity index (χ2v) is 8.61. The second kappa shape index (κ2) is 9.06. The van der Waals surface area contributed by atoms with Crippen molar-refractivity contribution in [1.82, 2.24) is 9.88 Å². The van der Waals surface area contributed by atoms with Gasteiger partial charge in [0, 0.05) is 18.5 Å². The van der Waals surface area contributed by atoms with E-state index >= 15 is 0 Å². The van der Waals surface area contributed by atoms with E-state index in [9.17, 15) is 14.7 Å². The van der Waals surface area contributed by atoms with Gasteiger partial charge in [-0.1, -0.05) is 30.3 Å². The van der Waals surface area contributed by atoms with Crippen LogP contribution in [0.5, 0.6) is 5.75 Å². The first-order valence-electron chi connectivity index (χ1n) is 11.5. The molecule has 0 bridgehead atoms. The van der Waals surface area contributed by atoms with Gasteiger partial charge >= 0.3 is 5.97 Å². The average molecular weight is 443 g/mol. The maximum atomic E-state index is 13.2. The van der Waals surface area contributed by atoms with Crippen molar-refractivity contribution in [3.8, 4) is 5.75 Å². The van der Waals surface area contributed by atoms with Crippen LogP contribution in [0, 0.1) is 0 Å². The maximum absolute atomic E-state index is 13.2. The van der Waals surface area contributed by atoms with Crippen LogP contribution in [0.15, 0.2) is 48.5 Å². The number of esters is 1. The molecule has 1 saturated heterocycles. The second-order valence-electron chi connectivity index (χ2n) is 8.61. The Labute approximate surface area is 192 Å². The highest BCUT2D eigenvalue weighted by molar-refractivity contribution is 6.07. The number of aromatic hydroxyl groups is 1. The summed E-state index contributed by atoms with van der Waals surface area (Å²) in [5.74, 6) is -0.385. The summed E-state index contributed by atoms with van der Waals surface area (Å²) in [6, 6.07) is 14.6. The zero-order valence-electron chi connectivity index (χ0n) is 18.4. The third kappa shape index (κ3) is 4.33. The van der Waals surface area contributed by atoms with Gasteiger partial charge in [-0.05, 0) is 73.1 Å². The summed E-state index contributed by atoms with van der Waals surface area (Å²) in [5.41, 5.74) is 4.91. The molecule has 2 aliphatic rings. The van der Waals surface area contributed by atoms with E-state index in [1.807, 2.05) is 42.5 Å². The number of hydrogen-bond donors (Lipinski definition) is 1. The molecule has 0 saturated carbocycles. The minimum atomic E-state index is -0.471. The van der Waals surface area contributed by atoms with Crippen LogP contribution in [0.1, 0.15) is 52.9 Å². The third-order valence-electron chi connectivity index (χ3n) is 6.42. The molecule has 5 rings (SSSR count). The molecule has 0 radical (unpaired) electrons. The molecule has 1 fully saturated rings. The summed E-state index contributed by atoms with van der Waals surface area (Å²) in [7, 11) is 0. The standard InChI is InChI=1S/C27H26N2O4/c30-20-11-8-18(9-12-20)16-19-10-13-22-25(21-6-2-3-7-23(21)28-26(19)22)27(32)33-17-24(31)29-14-4-1-5-15-29/h2-3,6-9,11-12,16,30H,1,4-5,10,13-15,17H2. The Kier molecular flexibility index (Phi) is 5.82. The molecular formula is C27H26N2O4. The number of nitrogens with zero attached hydrogens (tertiary/aromatic N) is 2. The van der Waals surface area contributed by atoms with E-state index in [1.165, 1.54) is 0 Å². The molecule has 1 aliphatic carbocycles. The van der Waals surface area contributed by atoms with Crippen LogP contribution in [0.4, 0.5) is 0 Å². The maximum Gasteiger partial charge on any atom is 0.339 e. The molecule has 1 aliphatic heterocycles. The van der Waals surface area contributed by atoms with Gasteiger partial charge in [-0.3, -0.25) is 4.79 Å². The van der Waals surface area contributed by atoms with Crippen molar-refractivity contribution in [3.63, 3.8) is 0 Å². The van der Waals surface area contributed by atoms with Gasteiger partial charge in [0.2, 0.25) is 0 Å². The molecule has 1 aromatic heterocycles. The molecule has 0 atom stereocenters. The number of rotatable bonds is 4. The molecule has 0 unspecified atom stereocenters. The number of aromatic nitrogens is 1. The summed E-state index contributed by atoms with van der Waals surface area (Å²) >= 11 is 0. The quantitative estimate of drug-likeness (QED) is 0.598. The molecule has 2 heterocycles. The van der Waals surface area contributed by atoms with Crippen molar-refractivity contribution in [1.29, 1.82) is 0 Å². The number of carbonyl (C=O) groups is 2. The monoisotopic (exact) mass is 442 g/mol. The summed E-state index contributed by atoms with van der Waals surface area (Å²) < 4.78 is 5.54. The van der Waals surface area contributed by atoms with Crippen molar-refractivity contribution in [2.24, 2.45) is 0 Å². The van der Waals surface area contributed by atoms with Crippen LogP contribution in [-0.2, 0) is 16.0 Å². The Bertz CT molecular complexity index is 1240. The molecule has 1 amide bonds. The Hall–Kier alpha value is -3.67. The highest BCUT2D eigenvalue weighted by Crippen LogP contribution is 2.38. The minimum Gasteiger partial charge on any atom is -0.508 e. The zero-order chi connectivity index (χ0) is 22.8. The number of phenols is 1. The van der Waals surface area contributed by atoms with Gasteiger partial charge in [-0.15, -0.1) is 0 Å². The van der Waals surface area contributed by atoms with E-state index in [4.69, 9.17) is 9.72 Å². The van der Waals surface area contributed by atoms with Crippen LogP contribution in [0.2, 0.25) is 0 Å². The number of fused-ring (bicyclic) bond motifs is 2. The third-order valence-corrected chi connectivity index (χ3v) is 6.42. The van der Waals surface area contributed by atoms with Crippen LogP contribution < -0.4 is 0 Å². The SMILES string of the molecule is O=C(OCC(=O)N1CCCCC1)c1c2c(nc3ccccc13)C(=Cc1ccc(O)cc1)CC2. The van der Waals surface area contributed by atoms with Gasteiger partial charge in [0.25, 0.3) is 5.91 Å². The number of likely N-dealkylation sites (tertiary alicyclic amines) is 1. The number of phenolic OH excluding ortho intramolecular Hbond substituents is 1. The average Bonchev–Trinajstić information content (AvgIpc) is 3.24. The largest absolute Gasteiger partial charge is 0.508 e. The molecule has 3 aromatic rings. The summed E-state index contributed by atoms with van der Waals surface area (Å²) in [6.45, 7) is 1.23. The number of carbonyl (C=O) groups excluding carboxylic acids is 2. The van der Waals surface area contributed by atoms with Gasteiger partial charge in [-0.25, -0.2) is 9.78 Å². The first-order valence-corrected chi connectivity index (χ1v) is 11.5. The van der Waals surface area contributed by atoms with Crippen molar-refractivity contribution in [2.45, 2.75) is 32.1 Å². The number of para-hydroxylation sites is 1. The zero-order valence-corrected chi connectivity index (χ0v) is 18.4. The highest BCUT2D eigenvalue weighted by atomic mass is 16.5. The van der Waals surface area contributed by atoms with Gasteiger partial charge in [0.15, 0.2) is 6.61 Å². The van der Waals surface area contributed by atoms with E-state index < -0.39 is 5.97 Å². The number of benzene rings is 2. The number of hydrogen-bond acceptors (Lipinski definition) is 5. The van der Waals surface area contributed by atoms with E-state index in [-0.39, 0.29) is 18.3 Å². The molecule has 0 spiro atoms. The van der Waals surface area contributed by atoms with Crippen molar-refractivity contribution in [2.75, 3.05) is 19.7 Å². The summed E-state index contributed by atoms with van der Waals surface area (Å²) in [4.78, 5) is 32.4. The van der Waals surface area contributed by atoms with Crippen LogP contribution in [0.3, 0.4) is 0 Å². The first kappa shape index (κ1) is 21.2. The van der Waals surface area contributed by atoms with Gasteiger partial charge in [-0.2, -0.15) is 0 Å². The van der Waals surface area contributed by atoms with Crippen LogP contribution in [0.25, 0.3) is 22.6 Å². The molecule has 6 nitrogen and oxygen atoms in total. The number of pyridine rings is 1. The number of piperidine rings is 1. The van der Waals surface area contributed by atoms with E-state index in [1.54, 1.807) is 17.0 Å². The molecule has 6 heteroatoms. The van der Waals surface area contributed by atoms with Crippen molar-refractivity contribution < 1.29 is 19.4 Å². The smallest absolute Gasteiger partial charge is 0.339 e. The van der Waals surface area contributed by atoms with Gasteiger partial charge in [0.05, 0.1) is 16.8 Å². The minimum absolute atomic E-state index is 0.133. The molecule has 1 N–H and O–H groups in total. The fraction of sp³-hybridized carbons (Fsp3) is 0.296. The van der Waals surface area contributed by atoms with Gasteiger partial charge < -0.3 is 14.7 Å². The number of allylic oxidation sites excluding steroid dienone is 1. The van der Waals surface area contributed by atoms with Crippen molar-refractivity contribution >= 4 is 34.4 Å². The predicted octanol–water partition coefficient (Wildman–Crippen LogP) is 4.60. The highest BCUT2D eigenvalue weighted by Gasteiger charge is 2.28. The van der Waals surface area contributed by atoms with Crippen molar-refractivity contribution in [3.05, 3.63) is 70.9 Å². The number of ether oxygens (including phenoxy) is 1.